The van der Waals surface area contributed by atoms with E-state index in [9.17, 15) is 0 Å². The highest BCUT2D eigenvalue weighted by Crippen LogP contribution is 2.43. The lowest BCUT2D eigenvalue weighted by Crippen LogP contribution is -2.42. The molecule has 0 saturated carbocycles. The van der Waals surface area contributed by atoms with Gasteiger partial charge in [0.1, 0.15) is 0 Å². The second-order valence-electron chi connectivity index (χ2n) is 6.20. The zero-order valence-electron chi connectivity index (χ0n) is 11.5. The summed E-state index contributed by atoms with van der Waals surface area (Å²) < 4.78 is 0. The van der Waals surface area contributed by atoms with Crippen LogP contribution in [0.1, 0.15) is 56.3 Å². The van der Waals surface area contributed by atoms with Gasteiger partial charge in [-0.25, -0.2) is 0 Å². The Morgan fingerprint density at radius 2 is 1.83 bits per heavy atom. The van der Waals surface area contributed by atoms with Crippen LogP contribution >= 0.6 is 0 Å². The maximum absolute atomic E-state index is 6.29. The third kappa shape index (κ3) is 1.98. The SMILES string of the molecule is CC1CCN(C2CC(N)c3ccccc32)C(C)C1. The monoisotopic (exact) mass is 244 g/mol. The number of nitrogens with two attached hydrogens (primary N) is 1. The Morgan fingerprint density at radius 3 is 2.56 bits per heavy atom. The van der Waals surface area contributed by atoms with E-state index >= 15 is 0 Å². The lowest BCUT2D eigenvalue weighted by Gasteiger charge is -2.41. The molecule has 0 spiro atoms. The number of benzene rings is 1. The van der Waals surface area contributed by atoms with E-state index in [0.29, 0.717) is 12.1 Å². The molecule has 1 heterocycles. The molecular formula is C16H24N2. The van der Waals surface area contributed by atoms with Crippen molar-refractivity contribution in [1.82, 2.24) is 4.90 Å². The molecule has 0 amide bonds. The Kier molecular flexibility index (Phi) is 3.16. The van der Waals surface area contributed by atoms with Gasteiger partial charge in [0, 0.05) is 18.1 Å². The van der Waals surface area contributed by atoms with Crippen LogP contribution in [0, 0.1) is 5.92 Å². The summed E-state index contributed by atoms with van der Waals surface area (Å²) in [6.07, 6.45) is 3.75. The molecule has 2 nitrogen and oxygen atoms in total. The molecule has 4 atom stereocenters. The third-order valence-electron chi connectivity index (χ3n) is 4.82. The molecule has 0 radical (unpaired) electrons. The molecule has 4 unspecified atom stereocenters. The number of hydrogen-bond acceptors (Lipinski definition) is 2. The fraction of sp³-hybridized carbons (Fsp3) is 0.625. The van der Waals surface area contributed by atoms with Gasteiger partial charge in [-0.3, -0.25) is 4.90 Å². The molecule has 1 fully saturated rings. The van der Waals surface area contributed by atoms with E-state index < -0.39 is 0 Å². The first-order valence-electron chi connectivity index (χ1n) is 7.27. The summed E-state index contributed by atoms with van der Waals surface area (Å²) >= 11 is 0. The second-order valence-corrected chi connectivity index (χ2v) is 6.20. The largest absolute Gasteiger partial charge is 0.324 e. The van der Waals surface area contributed by atoms with E-state index in [-0.39, 0.29) is 6.04 Å². The van der Waals surface area contributed by atoms with E-state index in [1.54, 1.807) is 0 Å². The van der Waals surface area contributed by atoms with Crippen LogP contribution < -0.4 is 5.73 Å². The Labute approximate surface area is 110 Å². The summed E-state index contributed by atoms with van der Waals surface area (Å²) in [5.74, 6) is 0.876. The molecule has 1 aliphatic heterocycles. The number of nitrogens with zero attached hydrogens (tertiary/aromatic N) is 1. The molecule has 98 valence electrons. The molecule has 1 saturated heterocycles. The molecule has 2 heteroatoms. The normalized spacial score (nSPS) is 36.6. The van der Waals surface area contributed by atoms with Gasteiger partial charge in [0.05, 0.1) is 0 Å². The van der Waals surface area contributed by atoms with Gasteiger partial charge in [-0.15, -0.1) is 0 Å². The molecule has 2 N–H and O–H groups in total. The van der Waals surface area contributed by atoms with Crippen LogP contribution in [0.5, 0.6) is 0 Å². The van der Waals surface area contributed by atoms with E-state index in [0.717, 1.165) is 12.3 Å². The molecule has 3 rings (SSSR count). The second kappa shape index (κ2) is 4.67. The van der Waals surface area contributed by atoms with Crippen LogP contribution in [0.15, 0.2) is 24.3 Å². The summed E-state index contributed by atoms with van der Waals surface area (Å²) in [6, 6.07) is 10.2. The first-order chi connectivity index (χ1) is 8.66. The van der Waals surface area contributed by atoms with Gasteiger partial charge in [0.25, 0.3) is 0 Å². The minimum Gasteiger partial charge on any atom is -0.324 e. The Balaban J connectivity index is 1.86. The van der Waals surface area contributed by atoms with Gasteiger partial charge in [0.15, 0.2) is 0 Å². The zero-order valence-corrected chi connectivity index (χ0v) is 11.5. The van der Waals surface area contributed by atoms with Crippen molar-refractivity contribution in [3.05, 3.63) is 35.4 Å². The minimum atomic E-state index is 0.234. The van der Waals surface area contributed by atoms with E-state index in [2.05, 4.69) is 43.0 Å². The van der Waals surface area contributed by atoms with E-state index in [1.165, 1.54) is 30.5 Å². The van der Waals surface area contributed by atoms with Crippen molar-refractivity contribution in [3.63, 3.8) is 0 Å². The first-order valence-corrected chi connectivity index (χ1v) is 7.27. The molecule has 1 aliphatic carbocycles. The van der Waals surface area contributed by atoms with Gasteiger partial charge in [-0.05, 0) is 49.8 Å². The van der Waals surface area contributed by atoms with Crippen molar-refractivity contribution < 1.29 is 0 Å². The van der Waals surface area contributed by atoms with Crippen LogP contribution in [0.3, 0.4) is 0 Å². The van der Waals surface area contributed by atoms with Crippen molar-refractivity contribution in [2.75, 3.05) is 6.54 Å². The molecule has 18 heavy (non-hydrogen) atoms. The highest BCUT2D eigenvalue weighted by Gasteiger charge is 2.36. The predicted octanol–water partition coefficient (Wildman–Crippen LogP) is 3.25. The highest BCUT2D eigenvalue weighted by atomic mass is 15.2. The van der Waals surface area contributed by atoms with E-state index in [4.69, 9.17) is 5.73 Å². The summed E-state index contributed by atoms with van der Waals surface area (Å²) in [5, 5.41) is 0. The standard InChI is InChI=1S/C16H24N2/c1-11-7-8-18(12(2)9-11)16-10-15(17)13-5-3-4-6-14(13)16/h3-6,11-12,15-16H,7-10,17H2,1-2H3. The minimum absolute atomic E-state index is 0.234. The molecule has 0 aromatic heterocycles. The van der Waals surface area contributed by atoms with Crippen molar-refractivity contribution in [2.24, 2.45) is 11.7 Å². The van der Waals surface area contributed by atoms with Crippen LogP contribution in [0.4, 0.5) is 0 Å². The topological polar surface area (TPSA) is 29.3 Å². The van der Waals surface area contributed by atoms with Gasteiger partial charge in [-0.1, -0.05) is 31.2 Å². The number of piperidine rings is 1. The predicted molar refractivity (Wildman–Crippen MR) is 75.3 cm³/mol. The maximum atomic E-state index is 6.29. The van der Waals surface area contributed by atoms with Gasteiger partial charge in [0.2, 0.25) is 0 Å². The van der Waals surface area contributed by atoms with Gasteiger partial charge < -0.3 is 5.73 Å². The van der Waals surface area contributed by atoms with Crippen LogP contribution in [0.2, 0.25) is 0 Å². The lowest BCUT2D eigenvalue weighted by atomic mass is 9.91. The highest BCUT2D eigenvalue weighted by molar-refractivity contribution is 5.37. The lowest BCUT2D eigenvalue weighted by molar-refractivity contribution is 0.0795. The van der Waals surface area contributed by atoms with Crippen molar-refractivity contribution in [1.29, 1.82) is 0 Å². The van der Waals surface area contributed by atoms with Crippen molar-refractivity contribution in [3.8, 4) is 0 Å². The summed E-state index contributed by atoms with van der Waals surface area (Å²) in [4.78, 5) is 2.69. The fourth-order valence-corrected chi connectivity index (χ4v) is 3.85. The first kappa shape index (κ1) is 12.2. The van der Waals surface area contributed by atoms with Gasteiger partial charge in [-0.2, -0.15) is 0 Å². The molecule has 1 aromatic carbocycles. The molecule has 0 bridgehead atoms. The van der Waals surface area contributed by atoms with Crippen LogP contribution in [-0.4, -0.2) is 17.5 Å². The third-order valence-corrected chi connectivity index (χ3v) is 4.82. The number of hydrogen-bond donors (Lipinski definition) is 1. The molecular weight excluding hydrogens is 220 g/mol. The number of rotatable bonds is 1. The zero-order chi connectivity index (χ0) is 12.7. The average molecular weight is 244 g/mol. The molecule has 1 aromatic rings. The van der Waals surface area contributed by atoms with E-state index in [1.807, 2.05) is 0 Å². The molecule has 2 aliphatic rings. The number of fused-ring (bicyclic) bond motifs is 1. The summed E-state index contributed by atoms with van der Waals surface area (Å²) in [7, 11) is 0. The van der Waals surface area contributed by atoms with Gasteiger partial charge >= 0.3 is 0 Å². The van der Waals surface area contributed by atoms with Crippen molar-refractivity contribution in [2.45, 2.75) is 51.2 Å². The number of likely N-dealkylation sites (tertiary alicyclic amines) is 1. The van der Waals surface area contributed by atoms with Crippen LogP contribution in [-0.2, 0) is 0 Å². The summed E-state index contributed by atoms with van der Waals surface area (Å²) in [6.45, 7) is 5.98. The summed E-state index contributed by atoms with van der Waals surface area (Å²) in [5.41, 5.74) is 9.14. The average Bonchev–Trinajstić information content (AvgIpc) is 2.68. The maximum Gasteiger partial charge on any atom is 0.0372 e. The smallest absolute Gasteiger partial charge is 0.0372 e. The Bertz CT molecular complexity index is 429. The quantitative estimate of drug-likeness (QED) is 0.821. The van der Waals surface area contributed by atoms with Crippen LogP contribution in [0.25, 0.3) is 0 Å². The Morgan fingerprint density at radius 1 is 1.11 bits per heavy atom. The fourth-order valence-electron chi connectivity index (χ4n) is 3.85. The van der Waals surface area contributed by atoms with Crippen molar-refractivity contribution >= 4 is 0 Å². The Hall–Kier alpha value is -0.860.